The SMILES string of the molecule is Cc1cc(C(=O)CCC(=O)N(C)C2CCc3ccccc32)c(C)s1. The summed E-state index contributed by atoms with van der Waals surface area (Å²) in [7, 11) is 1.86. The van der Waals surface area contributed by atoms with E-state index in [1.165, 1.54) is 11.1 Å². The summed E-state index contributed by atoms with van der Waals surface area (Å²) in [6, 6.07) is 10.4. The van der Waals surface area contributed by atoms with Crippen LogP contribution in [0.2, 0.25) is 0 Å². The molecule has 1 unspecified atom stereocenters. The highest BCUT2D eigenvalue weighted by Crippen LogP contribution is 2.35. The standard InChI is InChI=1S/C20H23NO2S/c1-13-12-17(14(2)24-13)19(22)10-11-20(23)21(3)18-9-8-15-6-4-5-7-16(15)18/h4-7,12,18H,8-11H2,1-3H3. The summed E-state index contributed by atoms with van der Waals surface area (Å²) in [5, 5.41) is 0. The molecule has 4 heteroatoms. The van der Waals surface area contributed by atoms with E-state index < -0.39 is 0 Å². The lowest BCUT2D eigenvalue weighted by atomic mass is 10.0. The zero-order valence-corrected chi connectivity index (χ0v) is 15.3. The predicted molar refractivity (Wildman–Crippen MR) is 97.6 cm³/mol. The summed E-state index contributed by atoms with van der Waals surface area (Å²) < 4.78 is 0. The van der Waals surface area contributed by atoms with Crippen LogP contribution in [0.1, 0.15) is 56.5 Å². The molecule has 1 atom stereocenters. The summed E-state index contributed by atoms with van der Waals surface area (Å²) in [5.74, 6) is 0.125. The van der Waals surface area contributed by atoms with Crippen molar-refractivity contribution in [1.29, 1.82) is 0 Å². The van der Waals surface area contributed by atoms with Crippen molar-refractivity contribution in [3.05, 3.63) is 56.8 Å². The first kappa shape index (κ1) is 16.9. The molecule has 0 N–H and O–H groups in total. The second-order valence-electron chi connectivity index (χ2n) is 6.51. The molecule has 3 rings (SSSR count). The number of carbonyl (C=O) groups excluding carboxylic acids is 2. The second kappa shape index (κ2) is 6.89. The number of amides is 1. The largest absolute Gasteiger partial charge is 0.339 e. The Hall–Kier alpha value is -1.94. The topological polar surface area (TPSA) is 37.4 Å². The Morgan fingerprint density at radius 2 is 1.96 bits per heavy atom. The monoisotopic (exact) mass is 341 g/mol. The van der Waals surface area contributed by atoms with Gasteiger partial charge in [-0.25, -0.2) is 0 Å². The van der Waals surface area contributed by atoms with Crippen molar-refractivity contribution in [2.75, 3.05) is 7.05 Å². The van der Waals surface area contributed by atoms with Crippen LogP contribution >= 0.6 is 11.3 Å². The number of ketones is 1. The third kappa shape index (κ3) is 3.29. The van der Waals surface area contributed by atoms with Crippen LogP contribution in [-0.4, -0.2) is 23.6 Å². The molecule has 0 spiro atoms. The molecule has 24 heavy (non-hydrogen) atoms. The fourth-order valence-corrected chi connectivity index (χ4v) is 4.49. The fourth-order valence-electron chi connectivity index (χ4n) is 3.55. The number of aryl methyl sites for hydroxylation is 3. The number of rotatable bonds is 5. The number of hydrogen-bond donors (Lipinski definition) is 0. The molecule has 0 fully saturated rings. The average molecular weight is 341 g/mol. The smallest absolute Gasteiger partial charge is 0.223 e. The third-order valence-electron chi connectivity index (χ3n) is 4.87. The normalized spacial score (nSPS) is 16.0. The van der Waals surface area contributed by atoms with Gasteiger partial charge in [0.2, 0.25) is 5.91 Å². The predicted octanol–water partition coefficient (Wildman–Crippen LogP) is 4.47. The molecule has 2 aromatic rings. The van der Waals surface area contributed by atoms with Crippen LogP contribution in [0.15, 0.2) is 30.3 Å². The van der Waals surface area contributed by atoms with E-state index in [2.05, 4.69) is 12.1 Å². The molecule has 0 bridgehead atoms. The van der Waals surface area contributed by atoms with E-state index >= 15 is 0 Å². The molecular formula is C20H23NO2S. The Balaban J connectivity index is 1.61. The first-order chi connectivity index (χ1) is 11.5. The molecule has 1 aromatic carbocycles. The molecule has 126 valence electrons. The number of Topliss-reactive ketones (excluding diaryl/α,β-unsaturated/α-hetero) is 1. The van der Waals surface area contributed by atoms with E-state index in [0.717, 1.165) is 28.2 Å². The van der Waals surface area contributed by atoms with Crippen LogP contribution in [0.5, 0.6) is 0 Å². The van der Waals surface area contributed by atoms with Gasteiger partial charge in [-0.05, 0) is 43.9 Å². The lowest BCUT2D eigenvalue weighted by Gasteiger charge is -2.25. The molecule has 1 amide bonds. The average Bonchev–Trinajstić information content (AvgIpc) is 3.14. The summed E-state index contributed by atoms with van der Waals surface area (Å²) in [6.07, 6.45) is 2.56. The highest BCUT2D eigenvalue weighted by atomic mass is 32.1. The maximum atomic E-state index is 12.5. The number of fused-ring (bicyclic) bond motifs is 1. The lowest BCUT2D eigenvalue weighted by Crippen LogP contribution is -2.30. The van der Waals surface area contributed by atoms with Gasteiger partial charge < -0.3 is 4.90 Å². The van der Waals surface area contributed by atoms with Gasteiger partial charge in [0.1, 0.15) is 0 Å². The van der Waals surface area contributed by atoms with E-state index in [9.17, 15) is 9.59 Å². The van der Waals surface area contributed by atoms with Crippen LogP contribution in [0.4, 0.5) is 0 Å². The minimum Gasteiger partial charge on any atom is -0.339 e. The minimum atomic E-state index is 0.0506. The van der Waals surface area contributed by atoms with Crippen LogP contribution in [-0.2, 0) is 11.2 Å². The van der Waals surface area contributed by atoms with Gasteiger partial charge in [-0.15, -0.1) is 11.3 Å². The Bertz CT molecular complexity index is 778. The number of nitrogens with zero attached hydrogens (tertiary/aromatic N) is 1. The molecule has 0 radical (unpaired) electrons. The Morgan fingerprint density at radius 3 is 2.67 bits per heavy atom. The van der Waals surface area contributed by atoms with Crippen molar-refractivity contribution in [1.82, 2.24) is 4.90 Å². The van der Waals surface area contributed by atoms with Crippen LogP contribution in [0.3, 0.4) is 0 Å². The van der Waals surface area contributed by atoms with Gasteiger partial charge in [-0.1, -0.05) is 24.3 Å². The lowest BCUT2D eigenvalue weighted by molar-refractivity contribution is -0.132. The fraction of sp³-hybridized carbons (Fsp3) is 0.400. The van der Waals surface area contributed by atoms with E-state index in [1.807, 2.05) is 44.0 Å². The van der Waals surface area contributed by atoms with Crippen LogP contribution in [0.25, 0.3) is 0 Å². The molecule has 0 saturated heterocycles. The Kier molecular flexibility index (Phi) is 4.86. The number of thiophene rings is 1. The van der Waals surface area contributed by atoms with Gasteiger partial charge in [-0.2, -0.15) is 0 Å². The van der Waals surface area contributed by atoms with Gasteiger partial charge in [-0.3, -0.25) is 9.59 Å². The zero-order chi connectivity index (χ0) is 17.3. The Morgan fingerprint density at radius 1 is 1.21 bits per heavy atom. The minimum absolute atomic E-state index is 0.0506. The maximum Gasteiger partial charge on any atom is 0.223 e. The van der Waals surface area contributed by atoms with E-state index in [-0.39, 0.29) is 30.6 Å². The van der Waals surface area contributed by atoms with E-state index in [0.29, 0.717) is 0 Å². The van der Waals surface area contributed by atoms with E-state index in [4.69, 9.17) is 0 Å². The quantitative estimate of drug-likeness (QED) is 0.752. The number of hydrogen-bond acceptors (Lipinski definition) is 3. The van der Waals surface area contributed by atoms with Gasteiger partial charge in [0.25, 0.3) is 0 Å². The molecule has 1 aliphatic carbocycles. The molecule has 1 aromatic heterocycles. The maximum absolute atomic E-state index is 12.5. The Labute approximate surface area is 147 Å². The molecule has 1 heterocycles. The number of carbonyl (C=O) groups is 2. The van der Waals surface area contributed by atoms with Crippen molar-refractivity contribution in [3.63, 3.8) is 0 Å². The van der Waals surface area contributed by atoms with Crippen molar-refractivity contribution in [2.45, 2.75) is 45.6 Å². The number of benzene rings is 1. The zero-order valence-electron chi connectivity index (χ0n) is 14.5. The highest BCUT2D eigenvalue weighted by Gasteiger charge is 2.28. The van der Waals surface area contributed by atoms with Crippen molar-refractivity contribution >= 4 is 23.0 Å². The summed E-state index contributed by atoms with van der Waals surface area (Å²) in [4.78, 5) is 28.9. The van der Waals surface area contributed by atoms with Gasteiger partial charge in [0.05, 0.1) is 6.04 Å². The van der Waals surface area contributed by atoms with Crippen molar-refractivity contribution < 1.29 is 9.59 Å². The summed E-state index contributed by atoms with van der Waals surface area (Å²) >= 11 is 1.63. The molecule has 0 aliphatic heterocycles. The second-order valence-corrected chi connectivity index (χ2v) is 7.97. The van der Waals surface area contributed by atoms with Gasteiger partial charge in [0, 0.05) is 35.2 Å². The molecule has 0 saturated carbocycles. The first-order valence-electron chi connectivity index (χ1n) is 8.41. The van der Waals surface area contributed by atoms with Gasteiger partial charge >= 0.3 is 0 Å². The third-order valence-corrected chi connectivity index (χ3v) is 5.84. The van der Waals surface area contributed by atoms with Gasteiger partial charge in [0.15, 0.2) is 5.78 Å². The van der Waals surface area contributed by atoms with E-state index in [1.54, 1.807) is 11.3 Å². The summed E-state index contributed by atoms with van der Waals surface area (Å²) in [6.45, 7) is 3.97. The van der Waals surface area contributed by atoms with Crippen molar-refractivity contribution in [2.24, 2.45) is 0 Å². The molecule has 3 nitrogen and oxygen atoms in total. The highest BCUT2D eigenvalue weighted by molar-refractivity contribution is 7.12. The molecule has 1 aliphatic rings. The van der Waals surface area contributed by atoms with Crippen LogP contribution < -0.4 is 0 Å². The summed E-state index contributed by atoms with van der Waals surface area (Å²) in [5.41, 5.74) is 3.37. The van der Waals surface area contributed by atoms with Crippen LogP contribution in [0, 0.1) is 13.8 Å². The van der Waals surface area contributed by atoms with Crippen molar-refractivity contribution in [3.8, 4) is 0 Å². The first-order valence-corrected chi connectivity index (χ1v) is 9.22. The molecular weight excluding hydrogens is 318 g/mol.